The normalized spacial score (nSPS) is 21.6. The number of fused-ring (bicyclic) bond motifs is 1. The van der Waals surface area contributed by atoms with Gasteiger partial charge in [-0.2, -0.15) is 0 Å². The van der Waals surface area contributed by atoms with Gasteiger partial charge < -0.3 is 15.2 Å². The molecule has 1 atom stereocenters. The molecule has 0 radical (unpaired) electrons. The van der Waals surface area contributed by atoms with Crippen molar-refractivity contribution in [1.29, 1.82) is 0 Å². The minimum absolute atomic E-state index is 0. The molecule has 2 fully saturated rings. The first-order valence-corrected chi connectivity index (χ1v) is 10.4. The molecule has 164 valence electrons. The predicted octanol–water partition coefficient (Wildman–Crippen LogP) is 3.98. The summed E-state index contributed by atoms with van der Waals surface area (Å²) in [6, 6.07) is 4.84. The van der Waals surface area contributed by atoms with Crippen molar-refractivity contribution in [3.63, 3.8) is 0 Å². The lowest BCUT2D eigenvalue weighted by molar-refractivity contribution is -0.118. The molecule has 9 heteroatoms. The Morgan fingerprint density at radius 3 is 2.77 bits per heavy atom. The van der Waals surface area contributed by atoms with Crippen LogP contribution in [0.4, 0.5) is 10.1 Å². The van der Waals surface area contributed by atoms with Gasteiger partial charge in [-0.15, -0.1) is 35.0 Å². The van der Waals surface area contributed by atoms with Gasteiger partial charge in [0.2, 0.25) is 5.91 Å². The van der Waals surface area contributed by atoms with Crippen LogP contribution in [-0.2, 0) is 17.8 Å². The van der Waals surface area contributed by atoms with Crippen molar-refractivity contribution in [1.82, 2.24) is 20.1 Å². The number of carbonyl (C=O) groups excluding carboxylic acids is 1. The molecule has 1 amide bonds. The smallest absolute Gasteiger partial charge is 0.228 e. The number of aryl methyl sites for hydroxylation is 1. The summed E-state index contributed by atoms with van der Waals surface area (Å²) < 4.78 is 16.6. The summed E-state index contributed by atoms with van der Waals surface area (Å²) in [4.78, 5) is 12.7. The Morgan fingerprint density at radius 1 is 1.17 bits per heavy atom. The molecule has 1 saturated carbocycles. The molecule has 30 heavy (non-hydrogen) atoms. The number of aromatic nitrogens is 3. The Balaban J connectivity index is 0.00000128. The SMILES string of the molecule is Cl.Cl.O=C(Nc1cc(-c2nnc3n2CCCCC3)ccc1F)C1CC12CCNCC2. The maximum atomic E-state index is 14.4. The van der Waals surface area contributed by atoms with Crippen LogP contribution in [0.1, 0.15) is 44.3 Å². The Bertz CT molecular complexity index is 913. The maximum Gasteiger partial charge on any atom is 0.228 e. The summed E-state index contributed by atoms with van der Waals surface area (Å²) in [6.07, 6.45) is 7.31. The molecule has 0 bridgehead atoms. The van der Waals surface area contributed by atoms with E-state index in [0.717, 1.165) is 75.4 Å². The van der Waals surface area contributed by atoms with Gasteiger partial charge in [-0.3, -0.25) is 4.79 Å². The zero-order valence-electron chi connectivity index (χ0n) is 16.8. The summed E-state index contributed by atoms with van der Waals surface area (Å²) in [7, 11) is 0. The van der Waals surface area contributed by atoms with Crippen LogP contribution in [0.2, 0.25) is 0 Å². The lowest BCUT2D eigenvalue weighted by atomic mass is 9.92. The van der Waals surface area contributed by atoms with Gasteiger partial charge in [0.15, 0.2) is 5.82 Å². The highest BCUT2D eigenvalue weighted by atomic mass is 35.5. The van der Waals surface area contributed by atoms with E-state index in [1.807, 2.05) is 0 Å². The first-order chi connectivity index (χ1) is 13.7. The van der Waals surface area contributed by atoms with E-state index in [9.17, 15) is 9.18 Å². The number of hydrogen-bond acceptors (Lipinski definition) is 4. The van der Waals surface area contributed by atoms with Crippen molar-refractivity contribution >= 4 is 36.4 Å². The van der Waals surface area contributed by atoms with Crippen LogP contribution in [0.3, 0.4) is 0 Å². The van der Waals surface area contributed by atoms with Crippen LogP contribution >= 0.6 is 24.8 Å². The molecular formula is C21H28Cl2FN5O. The van der Waals surface area contributed by atoms with Crippen molar-refractivity contribution in [3.8, 4) is 11.4 Å². The van der Waals surface area contributed by atoms with Crippen LogP contribution in [0.5, 0.6) is 0 Å². The van der Waals surface area contributed by atoms with E-state index < -0.39 is 5.82 Å². The van der Waals surface area contributed by atoms with Gasteiger partial charge in [-0.25, -0.2) is 4.39 Å². The molecule has 1 aromatic heterocycles. The molecule has 5 rings (SSSR count). The van der Waals surface area contributed by atoms with E-state index in [-0.39, 0.29) is 47.7 Å². The van der Waals surface area contributed by atoms with Gasteiger partial charge in [-0.1, -0.05) is 6.42 Å². The highest BCUT2D eigenvalue weighted by Crippen LogP contribution is 2.58. The van der Waals surface area contributed by atoms with Crippen LogP contribution in [0.25, 0.3) is 11.4 Å². The number of carbonyl (C=O) groups is 1. The minimum Gasteiger partial charge on any atom is -0.323 e. The molecule has 3 heterocycles. The monoisotopic (exact) mass is 455 g/mol. The van der Waals surface area contributed by atoms with E-state index >= 15 is 0 Å². The van der Waals surface area contributed by atoms with Crippen LogP contribution < -0.4 is 10.6 Å². The number of nitrogens with zero attached hydrogens (tertiary/aromatic N) is 3. The maximum absolute atomic E-state index is 14.4. The van der Waals surface area contributed by atoms with Crippen LogP contribution in [-0.4, -0.2) is 33.8 Å². The number of halogens is 3. The van der Waals surface area contributed by atoms with Crippen molar-refractivity contribution < 1.29 is 9.18 Å². The van der Waals surface area contributed by atoms with E-state index in [4.69, 9.17) is 0 Å². The fourth-order valence-corrected chi connectivity index (χ4v) is 4.87. The third kappa shape index (κ3) is 4.20. The summed E-state index contributed by atoms with van der Waals surface area (Å²) in [5.41, 5.74) is 1.17. The lowest BCUT2D eigenvalue weighted by Crippen LogP contribution is -2.31. The minimum atomic E-state index is -0.410. The number of benzene rings is 1. The highest BCUT2D eigenvalue weighted by molar-refractivity contribution is 5.95. The number of amides is 1. The fraction of sp³-hybridized carbons (Fsp3) is 0.571. The number of nitrogens with one attached hydrogen (secondary N) is 2. The molecule has 1 unspecified atom stereocenters. The molecule has 3 aliphatic rings. The van der Waals surface area contributed by atoms with Crippen LogP contribution in [0.15, 0.2) is 18.2 Å². The topological polar surface area (TPSA) is 71.8 Å². The van der Waals surface area contributed by atoms with Gasteiger partial charge in [0, 0.05) is 24.4 Å². The average molecular weight is 456 g/mol. The van der Waals surface area contributed by atoms with Gasteiger partial charge in [0.05, 0.1) is 5.69 Å². The summed E-state index contributed by atoms with van der Waals surface area (Å²) in [6.45, 7) is 2.81. The van der Waals surface area contributed by atoms with E-state index in [2.05, 4.69) is 25.4 Å². The number of hydrogen-bond donors (Lipinski definition) is 2. The molecule has 2 aliphatic heterocycles. The van der Waals surface area contributed by atoms with Crippen molar-refractivity contribution in [3.05, 3.63) is 29.8 Å². The standard InChI is InChI=1S/C21H26FN5O.2ClH/c22-16-6-5-14(19-26-25-18-4-2-1-3-11-27(18)19)12-17(16)24-20(28)15-13-21(15)7-9-23-10-8-21;;/h5-6,12,15,23H,1-4,7-11,13H2,(H,24,28);2*1H. The number of piperidine rings is 1. The van der Waals surface area contributed by atoms with Crippen molar-refractivity contribution in [2.24, 2.45) is 11.3 Å². The van der Waals surface area contributed by atoms with Gasteiger partial charge in [-0.05, 0) is 68.8 Å². The second-order valence-corrected chi connectivity index (χ2v) is 8.46. The van der Waals surface area contributed by atoms with Gasteiger partial charge in [0.25, 0.3) is 0 Å². The second kappa shape index (κ2) is 9.20. The quantitative estimate of drug-likeness (QED) is 0.733. The number of anilines is 1. The molecule has 1 spiro atoms. The molecule has 1 saturated heterocycles. The first-order valence-electron chi connectivity index (χ1n) is 10.4. The molecule has 2 N–H and O–H groups in total. The van der Waals surface area contributed by atoms with E-state index in [1.54, 1.807) is 12.1 Å². The van der Waals surface area contributed by atoms with E-state index in [1.165, 1.54) is 12.5 Å². The molecule has 6 nitrogen and oxygen atoms in total. The Labute approximate surface area is 188 Å². The van der Waals surface area contributed by atoms with Crippen LogP contribution in [0, 0.1) is 17.2 Å². The van der Waals surface area contributed by atoms with Gasteiger partial charge in [0.1, 0.15) is 11.6 Å². The number of rotatable bonds is 3. The second-order valence-electron chi connectivity index (χ2n) is 8.46. The molecule has 2 aromatic rings. The Hall–Kier alpha value is -1.70. The fourth-order valence-electron chi connectivity index (χ4n) is 4.87. The molecule has 1 aromatic carbocycles. The first kappa shape index (κ1) is 23.0. The average Bonchev–Trinajstić information content (AvgIpc) is 3.33. The Morgan fingerprint density at radius 2 is 1.97 bits per heavy atom. The van der Waals surface area contributed by atoms with Gasteiger partial charge >= 0.3 is 0 Å². The molecule has 1 aliphatic carbocycles. The Kier molecular flexibility index (Phi) is 7.05. The highest BCUT2D eigenvalue weighted by Gasteiger charge is 2.57. The van der Waals surface area contributed by atoms with E-state index in [0.29, 0.717) is 0 Å². The zero-order valence-corrected chi connectivity index (χ0v) is 18.5. The summed E-state index contributed by atoms with van der Waals surface area (Å²) in [5, 5.41) is 14.9. The van der Waals surface area contributed by atoms with Crippen molar-refractivity contribution in [2.45, 2.75) is 51.5 Å². The third-order valence-electron chi connectivity index (χ3n) is 6.70. The largest absolute Gasteiger partial charge is 0.323 e. The lowest BCUT2D eigenvalue weighted by Gasteiger charge is -2.23. The molecular weight excluding hydrogens is 428 g/mol. The summed E-state index contributed by atoms with van der Waals surface area (Å²) in [5.74, 6) is 1.29. The summed E-state index contributed by atoms with van der Waals surface area (Å²) >= 11 is 0. The predicted molar refractivity (Wildman–Crippen MR) is 119 cm³/mol. The zero-order chi connectivity index (χ0) is 19.1. The third-order valence-corrected chi connectivity index (χ3v) is 6.70. The van der Waals surface area contributed by atoms with Crippen molar-refractivity contribution in [2.75, 3.05) is 18.4 Å².